The smallest absolute Gasteiger partial charge is 0.253 e. The standard InChI is InChI=1S/C21H20FN3O2/c1-14-4-6-15(7-5-14)19-23-24-20(27-19)17-3-2-12-25(13-17)21(26)16-8-10-18(22)11-9-16/h4-11,17H,2-3,12-13H2,1H3. The molecule has 1 aliphatic heterocycles. The third kappa shape index (κ3) is 3.74. The Morgan fingerprint density at radius 3 is 2.59 bits per heavy atom. The van der Waals surface area contributed by atoms with Crippen LogP contribution in [0.4, 0.5) is 4.39 Å². The average Bonchev–Trinajstić information content (AvgIpc) is 3.19. The highest BCUT2D eigenvalue weighted by molar-refractivity contribution is 5.94. The summed E-state index contributed by atoms with van der Waals surface area (Å²) in [5.41, 5.74) is 2.54. The summed E-state index contributed by atoms with van der Waals surface area (Å²) in [5.74, 6) is 0.611. The Labute approximate surface area is 156 Å². The Hall–Kier alpha value is -3.02. The summed E-state index contributed by atoms with van der Waals surface area (Å²) in [4.78, 5) is 14.5. The molecule has 1 aliphatic rings. The van der Waals surface area contributed by atoms with Gasteiger partial charge in [-0.15, -0.1) is 10.2 Å². The van der Waals surface area contributed by atoms with Crippen LogP contribution in [0.3, 0.4) is 0 Å². The Balaban J connectivity index is 1.49. The number of benzene rings is 2. The molecule has 1 saturated heterocycles. The summed E-state index contributed by atoms with van der Waals surface area (Å²) in [6.45, 7) is 3.22. The van der Waals surface area contributed by atoms with Crippen LogP contribution in [0, 0.1) is 12.7 Å². The summed E-state index contributed by atoms with van der Waals surface area (Å²) in [6.07, 6.45) is 1.75. The minimum Gasteiger partial charge on any atom is -0.420 e. The van der Waals surface area contributed by atoms with Gasteiger partial charge >= 0.3 is 0 Å². The molecule has 3 aromatic rings. The summed E-state index contributed by atoms with van der Waals surface area (Å²) in [7, 11) is 0. The van der Waals surface area contributed by atoms with Gasteiger partial charge in [0.25, 0.3) is 5.91 Å². The van der Waals surface area contributed by atoms with Gasteiger partial charge in [0.15, 0.2) is 0 Å². The molecular weight excluding hydrogens is 345 g/mol. The number of nitrogens with zero attached hydrogens (tertiary/aromatic N) is 3. The van der Waals surface area contributed by atoms with Crippen LogP contribution in [-0.4, -0.2) is 34.1 Å². The summed E-state index contributed by atoms with van der Waals surface area (Å²) in [6, 6.07) is 13.6. The van der Waals surface area contributed by atoms with Crippen molar-refractivity contribution in [1.29, 1.82) is 0 Å². The van der Waals surface area contributed by atoms with Crippen molar-refractivity contribution >= 4 is 5.91 Å². The molecule has 138 valence electrons. The number of aromatic nitrogens is 2. The van der Waals surface area contributed by atoms with Gasteiger partial charge in [-0.05, 0) is 56.2 Å². The van der Waals surface area contributed by atoms with Gasteiger partial charge in [-0.2, -0.15) is 0 Å². The minimum absolute atomic E-state index is 0.00912. The number of carbonyl (C=O) groups is 1. The van der Waals surface area contributed by atoms with Crippen LogP contribution in [0.25, 0.3) is 11.5 Å². The number of rotatable bonds is 3. The molecule has 1 unspecified atom stereocenters. The van der Waals surface area contributed by atoms with Crippen molar-refractivity contribution in [3.63, 3.8) is 0 Å². The highest BCUT2D eigenvalue weighted by Crippen LogP contribution is 2.29. The van der Waals surface area contributed by atoms with Gasteiger partial charge in [0.2, 0.25) is 11.8 Å². The van der Waals surface area contributed by atoms with Crippen LogP contribution < -0.4 is 0 Å². The lowest BCUT2D eigenvalue weighted by Crippen LogP contribution is -2.39. The van der Waals surface area contributed by atoms with E-state index in [2.05, 4.69) is 10.2 Å². The van der Waals surface area contributed by atoms with Crippen LogP contribution in [0.15, 0.2) is 52.9 Å². The molecule has 27 heavy (non-hydrogen) atoms. The largest absolute Gasteiger partial charge is 0.420 e. The predicted molar refractivity (Wildman–Crippen MR) is 98.7 cm³/mol. The van der Waals surface area contributed by atoms with Crippen molar-refractivity contribution in [2.24, 2.45) is 0 Å². The van der Waals surface area contributed by atoms with E-state index < -0.39 is 0 Å². The van der Waals surface area contributed by atoms with E-state index in [1.165, 1.54) is 29.8 Å². The first-order valence-corrected chi connectivity index (χ1v) is 9.05. The van der Waals surface area contributed by atoms with Crippen LogP contribution >= 0.6 is 0 Å². The number of likely N-dealkylation sites (tertiary alicyclic amines) is 1. The number of amides is 1. The Morgan fingerprint density at radius 2 is 1.85 bits per heavy atom. The van der Waals surface area contributed by atoms with Gasteiger partial charge in [0.1, 0.15) is 5.82 Å². The minimum atomic E-state index is -0.349. The molecule has 1 amide bonds. The molecule has 1 atom stereocenters. The van der Waals surface area contributed by atoms with Crippen molar-refractivity contribution in [2.75, 3.05) is 13.1 Å². The number of piperidine rings is 1. The molecule has 2 heterocycles. The molecule has 0 N–H and O–H groups in total. The zero-order valence-corrected chi connectivity index (χ0v) is 15.1. The Kier molecular flexibility index (Phi) is 4.71. The second-order valence-corrected chi connectivity index (χ2v) is 6.91. The van der Waals surface area contributed by atoms with E-state index in [1.54, 1.807) is 4.90 Å². The highest BCUT2D eigenvalue weighted by Gasteiger charge is 2.29. The first-order valence-electron chi connectivity index (χ1n) is 9.05. The molecular formula is C21H20FN3O2. The van der Waals surface area contributed by atoms with Crippen LogP contribution in [-0.2, 0) is 0 Å². The number of halogens is 1. The van der Waals surface area contributed by atoms with E-state index >= 15 is 0 Å². The monoisotopic (exact) mass is 365 g/mol. The second kappa shape index (κ2) is 7.31. The van der Waals surface area contributed by atoms with Gasteiger partial charge in [-0.25, -0.2) is 4.39 Å². The number of hydrogen-bond donors (Lipinski definition) is 0. The summed E-state index contributed by atoms with van der Waals surface area (Å²) in [5, 5.41) is 8.38. The lowest BCUT2D eigenvalue weighted by Gasteiger charge is -2.31. The molecule has 0 radical (unpaired) electrons. The maximum atomic E-state index is 13.1. The fourth-order valence-electron chi connectivity index (χ4n) is 3.35. The lowest BCUT2D eigenvalue weighted by atomic mass is 9.97. The van der Waals surface area contributed by atoms with Crippen molar-refractivity contribution in [1.82, 2.24) is 15.1 Å². The predicted octanol–water partition coefficient (Wildman–Crippen LogP) is 4.20. The normalized spacial score (nSPS) is 17.1. The molecule has 1 aromatic heterocycles. The molecule has 6 heteroatoms. The molecule has 0 spiro atoms. The quantitative estimate of drug-likeness (QED) is 0.698. The van der Waals surface area contributed by atoms with Gasteiger partial charge in [0, 0.05) is 24.2 Å². The van der Waals surface area contributed by atoms with Crippen molar-refractivity contribution in [2.45, 2.75) is 25.7 Å². The highest BCUT2D eigenvalue weighted by atomic mass is 19.1. The second-order valence-electron chi connectivity index (χ2n) is 6.91. The zero-order valence-electron chi connectivity index (χ0n) is 15.1. The number of aryl methyl sites for hydroxylation is 1. The van der Waals surface area contributed by atoms with E-state index in [0.29, 0.717) is 30.4 Å². The molecule has 2 aromatic carbocycles. The first kappa shape index (κ1) is 17.4. The van der Waals surface area contributed by atoms with Crippen molar-refractivity contribution in [3.8, 4) is 11.5 Å². The van der Waals surface area contributed by atoms with E-state index in [0.717, 1.165) is 18.4 Å². The summed E-state index contributed by atoms with van der Waals surface area (Å²) >= 11 is 0. The molecule has 5 nitrogen and oxygen atoms in total. The topological polar surface area (TPSA) is 59.2 Å². The maximum Gasteiger partial charge on any atom is 0.253 e. The molecule has 1 fully saturated rings. The third-order valence-corrected chi connectivity index (χ3v) is 4.89. The van der Waals surface area contributed by atoms with E-state index in [9.17, 15) is 9.18 Å². The molecule has 0 aliphatic carbocycles. The summed E-state index contributed by atoms with van der Waals surface area (Å²) < 4.78 is 19.0. The van der Waals surface area contributed by atoms with E-state index in [-0.39, 0.29) is 17.6 Å². The number of hydrogen-bond acceptors (Lipinski definition) is 4. The van der Waals surface area contributed by atoms with Crippen molar-refractivity contribution < 1.29 is 13.6 Å². The Bertz CT molecular complexity index is 935. The molecule has 0 bridgehead atoms. The maximum absolute atomic E-state index is 13.1. The third-order valence-electron chi connectivity index (χ3n) is 4.89. The van der Waals surface area contributed by atoms with E-state index in [4.69, 9.17) is 4.42 Å². The fraction of sp³-hybridized carbons (Fsp3) is 0.286. The number of carbonyl (C=O) groups excluding carboxylic acids is 1. The van der Waals surface area contributed by atoms with E-state index in [1.807, 2.05) is 31.2 Å². The lowest BCUT2D eigenvalue weighted by molar-refractivity contribution is 0.0698. The van der Waals surface area contributed by atoms with Crippen molar-refractivity contribution in [3.05, 3.63) is 71.4 Å². The first-order chi connectivity index (χ1) is 13.1. The zero-order chi connectivity index (χ0) is 18.8. The van der Waals surface area contributed by atoms with Crippen LogP contribution in [0.5, 0.6) is 0 Å². The SMILES string of the molecule is Cc1ccc(-c2nnc(C3CCCN(C(=O)c4ccc(F)cc4)C3)o2)cc1. The van der Waals surface area contributed by atoms with Gasteiger partial charge < -0.3 is 9.32 Å². The molecule has 4 rings (SSSR count). The average molecular weight is 365 g/mol. The van der Waals surface area contributed by atoms with Crippen LogP contribution in [0.2, 0.25) is 0 Å². The molecule has 0 saturated carbocycles. The van der Waals surface area contributed by atoms with Gasteiger partial charge in [-0.3, -0.25) is 4.79 Å². The van der Waals surface area contributed by atoms with Crippen LogP contribution in [0.1, 0.15) is 40.6 Å². The van der Waals surface area contributed by atoms with Gasteiger partial charge in [-0.1, -0.05) is 17.7 Å². The Morgan fingerprint density at radius 1 is 1.11 bits per heavy atom. The van der Waals surface area contributed by atoms with Gasteiger partial charge in [0.05, 0.1) is 5.92 Å². The fourth-order valence-corrected chi connectivity index (χ4v) is 3.35.